The number of hydrogen-bond acceptors (Lipinski definition) is 4. The molecule has 18 heavy (non-hydrogen) atoms. The molecule has 6 nitrogen and oxygen atoms in total. The summed E-state index contributed by atoms with van der Waals surface area (Å²) in [5, 5.41) is 18.0. The zero-order valence-electron chi connectivity index (χ0n) is 9.81. The van der Waals surface area contributed by atoms with Crippen LogP contribution in [-0.4, -0.2) is 45.2 Å². The number of aromatic amines is 1. The molecule has 1 aliphatic carbocycles. The number of carbonyl (C=O) groups excluding carboxylic acids is 1. The van der Waals surface area contributed by atoms with Crippen LogP contribution in [0.4, 0.5) is 0 Å². The maximum atomic E-state index is 11.7. The highest BCUT2D eigenvalue weighted by Crippen LogP contribution is 2.38. The van der Waals surface area contributed by atoms with Gasteiger partial charge in [-0.05, 0) is 18.9 Å². The third-order valence-corrected chi connectivity index (χ3v) is 3.55. The van der Waals surface area contributed by atoms with E-state index in [4.69, 9.17) is 5.11 Å². The lowest BCUT2D eigenvalue weighted by Crippen LogP contribution is -2.26. The molecule has 1 aromatic rings. The number of aromatic nitrogens is 2. The summed E-state index contributed by atoms with van der Waals surface area (Å²) in [6.07, 6.45) is 2.32. The molecule has 0 aliphatic heterocycles. The Labute approximate surface area is 109 Å². The van der Waals surface area contributed by atoms with Crippen molar-refractivity contribution >= 4 is 23.6 Å². The fraction of sp³-hybridized carbons (Fsp3) is 0.545. The molecule has 2 rings (SSSR count). The van der Waals surface area contributed by atoms with Gasteiger partial charge in [-0.1, -0.05) is 0 Å². The second-order valence-corrected chi connectivity index (χ2v) is 5.29. The number of carboxylic acids is 1. The molecule has 1 fully saturated rings. The number of amides is 1. The highest BCUT2D eigenvalue weighted by atomic mass is 32.2. The van der Waals surface area contributed by atoms with E-state index >= 15 is 0 Å². The molecule has 0 unspecified atom stereocenters. The van der Waals surface area contributed by atoms with Crippen molar-refractivity contribution in [2.24, 2.45) is 0 Å². The summed E-state index contributed by atoms with van der Waals surface area (Å²) in [5.74, 6) is 0.133. The average molecular weight is 269 g/mol. The van der Waals surface area contributed by atoms with Gasteiger partial charge in [0.2, 0.25) is 0 Å². The number of carbonyl (C=O) groups is 2. The van der Waals surface area contributed by atoms with Gasteiger partial charge in [-0.25, -0.2) is 0 Å². The van der Waals surface area contributed by atoms with Crippen LogP contribution in [0.15, 0.2) is 6.07 Å². The van der Waals surface area contributed by atoms with Crippen molar-refractivity contribution in [2.45, 2.75) is 18.8 Å². The number of rotatable bonds is 7. The molecule has 0 aromatic carbocycles. The van der Waals surface area contributed by atoms with E-state index in [0.717, 1.165) is 18.5 Å². The predicted molar refractivity (Wildman–Crippen MR) is 67.9 cm³/mol. The van der Waals surface area contributed by atoms with Crippen molar-refractivity contribution < 1.29 is 14.7 Å². The van der Waals surface area contributed by atoms with Gasteiger partial charge in [0.25, 0.3) is 5.91 Å². The summed E-state index contributed by atoms with van der Waals surface area (Å²) in [4.78, 5) is 21.9. The average Bonchev–Trinajstić information content (AvgIpc) is 3.06. The van der Waals surface area contributed by atoms with Gasteiger partial charge in [0.05, 0.1) is 5.75 Å². The van der Waals surface area contributed by atoms with E-state index in [0.29, 0.717) is 23.9 Å². The van der Waals surface area contributed by atoms with Gasteiger partial charge >= 0.3 is 5.97 Å². The smallest absolute Gasteiger partial charge is 0.313 e. The van der Waals surface area contributed by atoms with Crippen LogP contribution < -0.4 is 5.32 Å². The molecule has 1 aliphatic rings. The number of carboxylic acid groups (broad SMARTS) is 1. The number of nitrogens with one attached hydrogen (secondary N) is 2. The van der Waals surface area contributed by atoms with Gasteiger partial charge in [0.1, 0.15) is 5.69 Å². The first-order valence-corrected chi connectivity index (χ1v) is 6.95. The summed E-state index contributed by atoms with van der Waals surface area (Å²) in [6, 6.07) is 1.79. The minimum atomic E-state index is -0.840. The maximum absolute atomic E-state index is 11.7. The van der Waals surface area contributed by atoms with Gasteiger partial charge in [-0.3, -0.25) is 14.7 Å². The van der Waals surface area contributed by atoms with Gasteiger partial charge < -0.3 is 10.4 Å². The normalized spacial score (nSPS) is 14.4. The maximum Gasteiger partial charge on any atom is 0.313 e. The molecule has 0 spiro atoms. The second kappa shape index (κ2) is 5.90. The molecule has 7 heteroatoms. The van der Waals surface area contributed by atoms with Gasteiger partial charge in [0.15, 0.2) is 0 Å². The highest BCUT2D eigenvalue weighted by molar-refractivity contribution is 7.99. The van der Waals surface area contributed by atoms with Crippen molar-refractivity contribution in [3.63, 3.8) is 0 Å². The minimum Gasteiger partial charge on any atom is -0.481 e. The molecule has 0 saturated heterocycles. The van der Waals surface area contributed by atoms with Crippen LogP contribution in [0, 0.1) is 0 Å². The van der Waals surface area contributed by atoms with Crippen LogP contribution in [-0.2, 0) is 4.79 Å². The zero-order valence-corrected chi connectivity index (χ0v) is 10.6. The van der Waals surface area contributed by atoms with Crippen LogP contribution in [0.25, 0.3) is 0 Å². The summed E-state index contributed by atoms with van der Waals surface area (Å²) in [6.45, 7) is 0.447. The first-order chi connectivity index (χ1) is 8.66. The number of hydrogen-bond donors (Lipinski definition) is 3. The van der Waals surface area contributed by atoms with Gasteiger partial charge in [-0.15, -0.1) is 11.8 Å². The van der Waals surface area contributed by atoms with Crippen LogP contribution in [0.3, 0.4) is 0 Å². The predicted octanol–water partition coefficient (Wildman–Crippen LogP) is 0.835. The lowest BCUT2D eigenvalue weighted by molar-refractivity contribution is -0.133. The fourth-order valence-corrected chi connectivity index (χ4v) is 2.11. The Balaban J connectivity index is 1.68. The Kier molecular flexibility index (Phi) is 4.24. The number of thioether (sulfide) groups is 1. The van der Waals surface area contributed by atoms with E-state index in [2.05, 4.69) is 15.5 Å². The molecule has 1 amide bonds. The minimum absolute atomic E-state index is 0.0596. The lowest BCUT2D eigenvalue weighted by Gasteiger charge is -2.01. The molecule has 3 N–H and O–H groups in total. The first-order valence-electron chi connectivity index (χ1n) is 5.80. The molecule has 1 heterocycles. The summed E-state index contributed by atoms with van der Waals surface area (Å²) in [7, 11) is 0. The number of aliphatic carboxylic acids is 1. The topological polar surface area (TPSA) is 95.1 Å². The van der Waals surface area contributed by atoms with Crippen LogP contribution >= 0.6 is 11.8 Å². The number of H-pyrrole nitrogens is 1. The third kappa shape index (κ3) is 3.76. The first kappa shape index (κ1) is 12.9. The molecule has 98 valence electrons. The Hall–Kier alpha value is -1.50. The Bertz CT molecular complexity index is 442. The van der Waals surface area contributed by atoms with Crippen LogP contribution in [0.2, 0.25) is 0 Å². The third-order valence-electron chi connectivity index (χ3n) is 2.60. The summed E-state index contributed by atoms with van der Waals surface area (Å²) < 4.78 is 0. The molecule has 0 atom stereocenters. The standard InChI is InChI=1S/C11H15N3O3S/c15-10(16)6-18-4-3-12-11(17)9-5-8(13-14-9)7-1-2-7/h5,7H,1-4,6H2,(H,12,17)(H,13,14)(H,15,16). The summed E-state index contributed by atoms with van der Waals surface area (Å²) in [5.41, 5.74) is 1.43. The van der Waals surface area contributed by atoms with Crippen molar-refractivity contribution in [1.82, 2.24) is 15.5 Å². The van der Waals surface area contributed by atoms with E-state index in [9.17, 15) is 9.59 Å². The van der Waals surface area contributed by atoms with Crippen molar-refractivity contribution in [2.75, 3.05) is 18.1 Å². The Morgan fingerprint density at radius 2 is 2.33 bits per heavy atom. The highest BCUT2D eigenvalue weighted by Gasteiger charge is 2.26. The van der Waals surface area contributed by atoms with E-state index in [1.54, 1.807) is 6.07 Å². The van der Waals surface area contributed by atoms with Crippen molar-refractivity contribution in [3.8, 4) is 0 Å². The number of nitrogens with zero attached hydrogens (tertiary/aromatic N) is 1. The van der Waals surface area contributed by atoms with E-state index in [-0.39, 0.29) is 11.7 Å². The molecule has 0 bridgehead atoms. The van der Waals surface area contributed by atoms with Crippen LogP contribution in [0.5, 0.6) is 0 Å². The zero-order chi connectivity index (χ0) is 13.0. The van der Waals surface area contributed by atoms with Gasteiger partial charge in [0, 0.05) is 23.9 Å². The fourth-order valence-electron chi connectivity index (χ4n) is 1.54. The largest absolute Gasteiger partial charge is 0.481 e. The van der Waals surface area contributed by atoms with Crippen molar-refractivity contribution in [1.29, 1.82) is 0 Å². The molecular formula is C11H15N3O3S. The van der Waals surface area contributed by atoms with Crippen molar-refractivity contribution in [3.05, 3.63) is 17.5 Å². The SMILES string of the molecule is O=C(O)CSCCNC(=O)c1cc(C2CC2)[nH]n1. The van der Waals surface area contributed by atoms with Gasteiger partial charge in [-0.2, -0.15) is 5.10 Å². The molecule has 1 aromatic heterocycles. The molecule has 0 radical (unpaired) electrons. The van der Waals surface area contributed by atoms with E-state index in [1.165, 1.54) is 11.8 Å². The second-order valence-electron chi connectivity index (χ2n) is 4.19. The molecule has 1 saturated carbocycles. The summed E-state index contributed by atoms with van der Waals surface area (Å²) >= 11 is 1.28. The lowest BCUT2D eigenvalue weighted by atomic mass is 10.2. The van der Waals surface area contributed by atoms with E-state index < -0.39 is 5.97 Å². The quantitative estimate of drug-likeness (QED) is 0.637. The Morgan fingerprint density at radius 1 is 1.56 bits per heavy atom. The van der Waals surface area contributed by atoms with Crippen LogP contribution in [0.1, 0.15) is 34.9 Å². The Morgan fingerprint density at radius 3 is 3.00 bits per heavy atom. The monoisotopic (exact) mass is 269 g/mol. The molecular weight excluding hydrogens is 254 g/mol. The van der Waals surface area contributed by atoms with E-state index in [1.807, 2.05) is 0 Å².